The van der Waals surface area contributed by atoms with Crippen molar-refractivity contribution in [1.82, 2.24) is 14.9 Å². The number of anilines is 1. The fourth-order valence-corrected chi connectivity index (χ4v) is 3.30. The number of amides is 2. The number of piperidine rings is 1. The number of urea groups is 1. The Kier molecular flexibility index (Phi) is 5.00. The summed E-state index contributed by atoms with van der Waals surface area (Å²) >= 11 is 6.18. The van der Waals surface area contributed by atoms with E-state index in [9.17, 15) is 4.79 Å². The van der Waals surface area contributed by atoms with Crippen molar-refractivity contribution in [2.45, 2.75) is 32.6 Å². The third kappa shape index (κ3) is 3.51. The molecule has 0 aliphatic carbocycles. The van der Waals surface area contributed by atoms with Crippen molar-refractivity contribution in [2.24, 2.45) is 0 Å². The SMILES string of the molecule is Cc1ccc(Cl)c(C)c1NC(=O)N1CCCC(c2ccncn2)C1. The number of hydrogen-bond donors (Lipinski definition) is 1. The quantitative estimate of drug-likeness (QED) is 0.890. The number of nitrogens with zero attached hydrogens (tertiary/aromatic N) is 3. The number of nitrogens with one attached hydrogen (secondary N) is 1. The van der Waals surface area contributed by atoms with E-state index in [0.29, 0.717) is 11.6 Å². The van der Waals surface area contributed by atoms with Gasteiger partial charge in [0.2, 0.25) is 0 Å². The summed E-state index contributed by atoms with van der Waals surface area (Å²) in [5.41, 5.74) is 3.71. The first-order chi connectivity index (χ1) is 11.6. The molecule has 3 rings (SSSR count). The van der Waals surface area contributed by atoms with E-state index in [1.54, 1.807) is 12.5 Å². The lowest BCUT2D eigenvalue weighted by molar-refractivity contribution is 0.192. The lowest BCUT2D eigenvalue weighted by Crippen LogP contribution is -2.42. The molecule has 0 saturated carbocycles. The van der Waals surface area contributed by atoms with Crippen molar-refractivity contribution < 1.29 is 4.79 Å². The smallest absolute Gasteiger partial charge is 0.321 e. The molecular formula is C18H21ClN4O. The molecule has 24 heavy (non-hydrogen) atoms. The van der Waals surface area contributed by atoms with Gasteiger partial charge in [0.05, 0.1) is 0 Å². The molecule has 2 aromatic rings. The first-order valence-corrected chi connectivity index (χ1v) is 8.51. The highest BCUT2D eigenvalue weighted by Crippen LogP contribution is 2.29. The maximum absolute atomic E-state index is 12.7. The van der Waals surface area contributed by atoms with Crippen LogP contribution in [-0.4, -0.2) is 34.0 Å². The summed E-state index contributed by atoms with van der Waals surface area (Å²) in [4.78, 5) is 22.9. The van der Waals surface area contributed by atoms with E-state index in [-0.39, 0.29) is 11.9 Å². The fourth-order valence-electron chi connectivity index (χ4n) is 3.15. The first kappa shape index (κ1) is 16.7. The highest BCUT2D eigenvalue weighted by atomic mass is 35.5. The molecule has 1 unspecified atom stereocenters. The molecule has 1 atom stereocenters. The molecule has 126 valence electrons. The van der Waals surface area contributed by atoms with Crippen LogP contribution in [0, 0.1) is 13.8 Å². The lowest BCUT2D eigenvalue weighted by Gasteiger charge is -2.32. The number of halogens is 1. The second-order valence-electron chi connectivity index (χ2n) is 6.21. The molecule has 1 fully saturated rings. The molecule has 1 aromatic carbocycles. The summed E-state index contributed by atoms with van der Waals surface area (Å²) in [6, 6.07) is 5.62. The zero-order valence-electron chi connectivity index (χ0n) is 13.9. The van der Waals surface area contributed by atoms with Gasteiger partial charge in [0.25, 0.3) is 0 Å². The molecule has 0 radical (unpaired) electrons. The molecule has 1 N–H and O–H groups in total. The van der Waals surface area contributed by atoms with Crippen molar-refractivity contribution in [3.8, 4) is 0 Å². The maximum Gasteiger partial charge on any atom is 0.321 e. The van der Waals surface area contributed by atoms with E-state index in [4.69, 9.17) is 11.6 Å². The van der Waals surface area contributed by atoms with E-state index in [2.05, 4.69) is 15.3 Å². The van der Waals surface area contributed by atoms with E-state index in [1.807, 2.05) is 36.9 Å². The van der Waals surface area contributed by atoms with E-state index in [0.717, 1.165) is 41.9 Å². The Morgan fingerprint density at radius 3 is 2.92 bits per heavy atom. The van der Waals surface area contributed by atoms with Gasteiger partial charge in [-0.05, 0) is 49.9 Å². The van der Waals surface area contributed by atoms with Gasteiger partial charge >= 0.3 is 6.03 Å². The number of benzene rings is 1. The number of aryl methyl sites for hydroxylation is 1. The zero-order chi connectivity index (χ0) is 17.1. The molecule has 2 amide bonds. The Bertz CT molecular complexity index is 735. The summed E-state index contributed by atoms with van der Waals surface area (Å²) in [5, 5.41) is 3.69. The highest BCUT2D eigenvalue weighted by Gasteiger charge is 2.26. The third-order valence-electron chi connectivity index (χ3n) is 4.57. The van der Waals surface area contributed by atoms with Gasteiger partial charge in [-0.1, -0.05) is 17.7 Å². The predicted octanol–water partition coefficient (Wildman–Crippen LogP) is 4.16. The van der Waals surface area contributed by atoms with Gasteiger partial charge in [0.15, 0.2) is 0 Å². The van der Waals surface area contributed by atoms with Gasteiger partial charge in [0, 0.05) is 41.6 Å². The minimum atomic E-state index is -0.0813. The van der Waals surface area contributed by atoms with Crippen molar-refractivity contribution in [2.75, 3.05) is 18.4 Å². The Morgan fingerprint density at radius 1 is 1.33 bits per heavy atom. The van der Waals surface area contributed by atoms with Crippen molar-refractivity contribution in [3.05, 3.63) is 52.6 Å². The minimum absolute atomic E-state index is 0.0813. The van der Waals surface area contributed by atoms with Crippen LogP contribution in [-0.2, 0) is 0 Å². The van der Waals surface area contributed by atoms with E-state index in [1.165, 1.54) is 0 Å². The monoisotopic (exact) mass is 344 g/mol. The summed E-state index contributed by atoms with van der Waals surface area (Å²) in [6.07, 6.45) is 5.32. The number of carbonyl (C=O) groups is 1. The first-order valence-electron chi connectivity index (χ1n) is 8.14. The van der Waals surface area contributed by atoms with Gasteiger partial charge in [-0.15, -0.1) is 0 Å². The normalized spacial score (nSPS) is 17.6. The standard InChI is InChI=1S/C18H21ClN4O/c1-12-5-6-15(19)13(2)17(12)22-18(24)23-9-3-4-14(10-23)16-7-8-20-11-21-16/h5-8,11,14H,3-4,9-10H2,1-2H3,(H,22,24). The van der Waals surface area contributed by atoms with Crippen molar-refractivity contribution >= 4 is 23.3 Å². The average Bonchev–Trinajstić information content (AvgIpc) is 2.62. The largest absolute Gasteiger partial charge is 0.324 e. The minimum Gasteiger partial charge on any atom is -0.324 e. The second kappa shape index (κ2) is 7.18. The predicted molar refractivity (Wildman–Crippen MR) is 95.5 cm³/mol. The number of aromatic nitrogens is 2. The molecule has 0 spiro atoms. The highest BCUT2D eigenvalue weighted by molar-refractivity contribution is 6.31. The van der Waals surface area contributed by atoms with Gasteiger partial charge in [0.1, 0.15) is 6.33 Å². The Hall–Kier alpha value is -2.14. The van der Waals surface area contributed by atoms with Crippen LogP contribution in [0.4, 0.5) is 10.5 Å². The summed E-state index contributed by atoms with van der Waals surface area (Å²) in [5.74, 6) is 0.258. The molecule has 5 nitrogen and oxygen atoms in total. The molecular weight excluding hydrogens is 324 g/mol. The topological polar surface area (TPSA) is 58.1 Å². The zero-order valence-corrected chi connectivity index (χ0v) is 14.7. The molecule has 1 saturated heterocycles. The molecule has 1 aliphatic rings. The average molecular weight is 345 g/mol. The van der Waals surface area contributed by atoms with Crippen LogP contribution in [0.3, 0.4) is 0 Å². The Balaban J connectivity index is 1.73. The number of hydrogen-bond acceptors (Lipinski definition) is 3. The Morgan fingerprint density at radius 2 is 2.17 bits per heavy atom. The van der Waals surface area contributed by atoms with Gasteiger partial charge in [-0.25, -0.2) is 14.8 Å². The van der Waals surface area contributed by atoms with E-state index < -0.39 is 0 Å². The summed E-state index contributed by atoms with van der Waals surface area (Å²) < 4.78 is 0. The Labute approximate surface area is 147 Å². The van der Waals surface area contributed by atoms with Crippen LogP contribution >= 0.6 is 11.6 Å². The maximum atomic E-state index is 12.7. The van der Waals surface area contributed by atoms with Crippen LogP contribution in [0.15, 0.2) is 30.7 Å². The number of carbonyl (C=O) groups excluding carboxylic acids is 1. The van der Waals surface area contributed by atoms with Crippen LogP contribution in [0.1, 0.15) is 35.6 Å². The fraction of sp³-hybridized carbons (Fsp3) is 0.389. The molecule has 6 heteroatoms. The molecule has 1 aromatic heterocycles. The van der Waals surface area contributed by atoms with Gasteiger partial charge < -0.3 is 10.2 Å². The van der Waals surface area contributed by atoms with Crippen molar-refractivity contribution in [3.63, 3.8) is 0 Å². The lowest BCUT2D eigenvalue weighted by atomic mass is 9.95. The number of likely N-dealkylation sites (tertiary alicyclic amines) is 1. The van der Waals surface area contributed by atoms with E-state index >= 15 is 0 Å². The second-order valence-corrected chi connectivity index (χ2v) is 6.62. The van der Waals surface area contributed by atoms with Crippen LogP contribution in [0.5, 0.6) is 0 Å². The van der Waals surface area contributed by atoms with Crippen LogP contribution in [0.25, 0.3) is 0 Å². The molecule has 0 bridgehead atoms. The summed E-state index contributed by atoms with van der Waals surface area (Å²) in [7, 11) is 0. The third-order valence-corrected chi connectivity index (χ3v) is 4.98. The van der Waals surface area contributed by atoms with Crippen molar-refractivity contribution in [1.29, 1.82) is 0 Å². The van der Waals surface area contributed by atoms with Crippen LogP contribution < -0.4 is 5.32 Å². The number of rotatable bonds is 2. The summed E-state index contributed by atoms with van der Waals surface area (Å²) in [6.45, 7) is 5.32. The van der Waals surface area contributed by atoms with Gasteiger partial charge in [-0.2, -0.15) is 0 Å². The van der Waals surface area contributed by atoms with Gasteiger partial charge in [-0.3, -0.25) is 0 Å². The molecule has 2 heterocycles. The molecule has 1 aliphatic heterocycles. The van der Waals surface area contributed by atoms with Crippen LogP contribution in [0.2, 0.25) is 5.02 Å².